The number of hydrogen-bond donors (Lipinski definition) is 0. The van der Waals surface area contributed by atoms with E-state index < -0.39 is 0 Å². The maximum absolute atomic E-state index is 4.55. The Hall–Kier alpha value is -1.13. The molecule has 0 aliphatic rings. The van der Waals surface area contributed by atoms with Gasteiger partial charge in [-0.2, -0.15) is 0 Å². The van der Waals surface area contributed by atoms with Gasteiger partial charge >= 0.3 is 0 Å². The molecular weight excluding hydrogens is 272 g/mol. The average Bonchev–Trinajstić information content (AvgIpc) is 2.84. The van der Waals surface area contributed by atoms with Gasteiger partial charge in [-0.3, -0.25) is 0 Å². The largest absolute Gasteiger partial charge is 0.305 e. The first kappa shape index (κ1) is 9.12. The minimum absolute atomic E-state index is 0.974. The van der Waals surface area contributed by atoms with Crippen molar-refractivity contribution in [2.75, 3.05) is 0 Å². The summed E-state index contributed by atoms with van der Waals surface area (Å²) < 4.78 is 3.09. The molecule has 3 aromatic heterocycles. The summed E-state index contributed by atoms with van der Waals surface area (Å²) in [6.45, 7) is 0. The highest BCUT2D eigenvalue weighted by molar-refractivity contribution is 9.10. The van der Waals surface area contributed by atoms with Crippen molar-refractivity contribution >= 4 is 32.9 Å². The Bertz CT molecular complexity index is 598. The summed E-state index contributed by atoms with van der Waals surface area (Å²) in [5, 5.41) is 2.06. The molecule has 3 rings (SSSR count). The molecular formula is C11H7BrN2S. The lowest BCUT2D eigenvalue weighted by atomic mass is 10.4. The number of pyridine rings is 1. The third-order valence-electron chi connectivity index (χ3n) is 2.19. The van der Waals surface area contributed by atoms with Gasteiger partial charge < -0.3 is 4.40 Å². The number of thiophene rings is 1. The van der Waals surface area contributed by atoms with Crippen molar-refractivity contribution in [3.05, 3.63) is 46.5 Å². The van der Waals surface area contributed by atoms with E-state index in [0.717, 1.165) is 15.8 Å². The van der Waals surface area contributed by atoms with E-state index in [2.05, 4.69) is 32.4 Å². The van der Waals surface area contributed by atoms with E-state index in [1.165, 1.54) is 4.88 Å². The highest BCUT2D eigenvalue weighted by Gasteiger charge is 2.04. The molecule has 0 atom stereocenters. The van der Waals surface area contributed by atoms with E-state index in [1.54, 1.807) is 11.3 Å². The molecule has 0 N–H and O–H groups in total. The van der Waals surface area contributed by atoms with Crippen LogP contribution >= 0.6 is 27.3 Å². The van der Waals surface area contributed by atoms with Crippen molar-refractivity contribution in [3.8, 4) is 10.6 Å². The molecule has 0 radical (unpaired) electrons. The smallest absolute Gasteiger partial charge is 0.137 e. The average molecular weight is 279 g/mol. The van der Waals surface area contributed by atoms with E-state index in [9.17, 15) is 0 Å². The Morgan fingerprint density at radius 3 is 2.93 bits per heavy atom. The molecule has 0 aliphatic heterocycles. The number of nitrogens with zero attached hydrogens (tertiary/aromatic N) is 2. The first-order valence-corrected chi connectivity index (χ1v) is 6.18. The number of imidazole rings is 1. The molecule has 0 spiro atoms. The molecule has 0 saturated carbocycles. The summed E-state index contributed by atoms with van der Waals surface area (Å²) in [4.78, 5) is 5.75. The second kappa shape index (κ2) is 3.47. The fourth-order valence-electron chi connectivity index (χ4n) is 1.51. The van der Waals surface area contributed by atoms with E-state index in [-0.39, 0.29) is 0 Å². The van der Waals surface area contributed by atoms with Gasteiger partial charge in [-0.05, 0) is 39.5 Å². The molecule has 3 heterocycles. The number of halogens is 1. The van der Waals surface area contributed by atoms with Crippen LogP contribution < -0.4 is 0 Å². The van der Waals surface area contributed by atoms with Crippen LogP contribution in [-0.2, 0) is 0 Å². The summed E-state index contributed by atoms with van der Waals surface area (Å²) in [5.74, 6) is 0. The van der Waals surface area contributed by atoms with Crippen molar-refractivity contribution in [2.45, 2.75) is 0 Å². The van der Waals surface area contributed by atoms with Crippen molar-refractivity contribution in [1.29, 1.82) is 0 Å². The second-order valence-corrected chi connectivity index (χ2v) is 5.08. The van der Waals surface area contributed by atoms with Crippen LogP contribution in [0.3, 0.4) is 0 Å². The number of fused-ring (bicyclic) bond motifs is 1. The first-order valence-electron chi connectivity index (χ1n) is 4.51. The second-order valence-electron chi connectivity index (χ2n) is 3.22. The molecule has 3 aromatic rings. The molecule has 2 nitrogen and oxygen atoms in total. The van der Waals surface area contributed by atoms with Gasteiger partial charge in [0.2, 0.25) is 0 Å². The van der Waals surface area contributed by atoms with Gasteiger partial charge in [0.1, 0.15) is 5.65 Å². The predicted octanol–water partition coefficient (Wildman–Crippen LogP) is 3.83. The van der Waals surface area contributed by atoms with Crippen LogP contribution in [0.15, 0.2) is 46.5 Å². The molecule has 0 aliphatic carbocycles. The van der Waals surface area contributed by atoms with Crippen LogP contribution in [0.25, 0.3) is 16.2 Å². The highest BCUT2D eigenvalue weighted by atomic mass is 79.9. The molecule has 74 valence electrons. The zero-order valence-electron chi connectivity index (χ0n) is 7.72. The van der Waals surface area contributed by atoms with Crippen LogP contribution in [0.4, 0.5) is 0 Å². The quantitative estimate of drug-likeness (QED) is 0.661. The molecule has 0 saturated heterocycles. The molecule has 0 amide bonds. The van der Waals surface area contributed by atoms with Gasteiger partial charge in [-0.25, -0.2) is 4.98 Å². The van der Waals surface area contributed by atoms with Gasteiger partial charge in [0, 0.05) is 16.9 Å². The maximum atomic E-state index is 4.55. The predicted molar refractivity (Wildman–Crippen MR) is 66.2 cm³/mol. The molecule has 0 aromatic carbocycles. The van der Waals surface area contributed by atoms with E-state index in [0.29, 0.717) is 0 Å². The van der Waals surface area contributed by atoms with E-state index >= 15 is 0 Å². The van der Waals surface area contributed by atoms with Crippen LogP contribution in [0.5, 0.6) is 0 Å². The van der Waals surface area contributed by atoms with Crippen LogP contribution in [-0.4, -0.2) is 9.38 Å². The summed E-state index contributed by atoms with van der Waals surface area (Å²) in [6.07, 6.45) is 4.06. The Morgan fingerprint density at radius 2 is 2.13 bits per heavy atom. The minimum Gasteiger partial charge on any atom is -0.305 e. The molecule has 0 fully saturated rings. The zero-order chi connectivity index (χ0) is 10.3. The summed E-state index contributed by atoms with van der Waals surface area (Å²) in [5.41, 5.74) is 2.00. The third-order valence-corrected chi connectivity index (χ3v) is 3.55. The topological polar surface area (TPSA) is 17.3 Å². The van der Waals surface area contributed by atoms with Gasteiger partial charge in [-0.1, -0.05) is 6.07 Å². The van der Waals surface area contributed by atoms with Crippen LogP contribution in [0.2, 0.25) is 0 Å². The lowest BCUT2D eigenvalue weighted by Crippen LogP contribution is -1.80. The first-order chi connectivity index (χ1) is 7.33. The van der Waals surface area contributed by atoms with Gasteiger partial charge in [0.15, 0.2) is 0 Å². The van der Waals surface area contributed by atoms with E-state index in [4.69, 9.17) is 0 Å². The Morgan fingerprint density at radius 1 is 1.20 bits per heavy atom. The summed E-state index contributed by atoms with van der Waals surface area (Å²) >= 11 is 5.15. The normalized spacial score (nSPS) is 11.0. The monoisotopic (exact) mass is 278 g/mol. The van der Waals surface area contributed by atoms with Crippen molar-refractivity contribution in [2.24, 2.45) is 0 Å². The summed E-state index contributed by atoms with van der Waals surface area (Å²) in [6, 6.07) is 8.13. The Kier molecular flexibility index (Phi) is 2.11. The lowest BCUT2D eigenvalue weighted by molar-refractivity contribution is 1.17. The van der Waals surface area contributed by atoms with Gasteiger partial charge in [0.25, 0.3) is 0 Å². The van der Waals surface area contributed by atoms with E-state index in [1.807, 2.05) is 35.0 Å². The van der Waals surface area contributed by atoms with Crippen LogP contribution in [0, 0.1) is 0 Å². The highest BCUT2D eigenvalue weighted by Crippen LogP contribution is 2.24. The Labute approximate surface area is 99.3 Å². The Balaban J connectivity index is 2.22. The van der Waals surface area contributed by atoms with Crippen LogP contribution in [0.1, 0.15) is 0 Å². The molecule has 0 bridgehead atoms. The van der Waals surface area contributed by atoms with Crippen molar-refractivity contribution < 1.29 is 0 Å². The fraction of sp³-hybridized carbons (Fsp3) is 0. The molecule has 0 unspecified atom stereocenters. The number of aromatic nitrogens is 2. The van der Waals surface area contributed by atoms with Crippen molar-refractivity contribution in [3.63, 3.8) is 0 Å². The van der Waals surface area contributed by atoms with Crippen molar-refractivity contribution in [1.82, 2.24) is 9.38 Å². The fourth-order valence-corrected chi connectivity index (χ4v) is 2.54. The third kappa shape index (κ3) is 1.60. The van der Waals surface area contributed by atoms with Gasteiger partial charge in [-0.15, -0.1) is 11.3 Å². The maximum Gasteiger partial charge on any atom is 0.137 e. The lowest BCUT2D eigenvalue weighted by Gasteiger charge is -1.91. The van der Waals surface area contributed by atoms with Gasteiger partial charge in [0.05, 0.1) is 10.6 Å². The standard InChI is InChI=1S/C11H7BrN2S/c12-8-3-4-11-13-9(7-14(11)6-8)10-2-1-5-15-10/h1-7H. The molecule has 4 heteroatoms. The summed E-state index contributed by atoms with van der Waals surface area (Å²) in [7, 11) is 0. The molecule has 15 heavy (non-hydrogen) atoms. The zero-order valence-corrected chi connectivity index (χ0v) is 10.1. The minimum atomic E-state index is 0.974. The number of rotatable bonds is 1. The number of hydrogen-bond acceptors (Lipinski definition) is 2. The SMILES string of the molecule is Brc1ccc2nc(-c3cccs3)cn2c1.